The van der Waals surface area contributed by atoms with Crippen molar-refractivity contribution in [2.24, 2.45) is 0 Å². The van der Waals surface area contributed by atoms with E-state index in [2.05, 4.69) is 12.2 Å². The largest absolute Gasteiger partial charge is 0.380 e. The average Bonchev–Trinajstić information content (AvgIpc) is 2.41. The van der Waals surface area contributed by atoms with Crippen molar-refractivity contribution in [1.29, 1.82) is 0 Å². The molecule has 1 aliphatic rings. The summed E-state index contributed by atoms with van der Waals surface area (Å²) < 4.78 is 42.6. The standard InChI is InChI=1S/C15H22FNO3S/c1-3-4-12-9-11(7-8-20-12)17-15-10-13(21(2,18)19)5-6-14(15)16/h5-6,10-12,17H,3-4,7-9H2,1-2H3. The summed E-state index contributed by atoms with van der Waals surface area (Å²) in [6.45, 7) is 2.76. The second-order valence-electron chi connectivity index (χ2n) is 5.56. The molecule has 0 saturated carbocycles. The first-order chi connectivity index (χ1) is 9.90. The quantitative estimate of drug-likeness (QED) is 0.849. The van der Waals surface area contributed by atoms with Gasteiger partial charge >= 0.3 is 0 Å². The highest BCUT2D eigenvalue weighted by atomic mass is 32.2. The third-order valence-electron chi connectivity index (χ3n) is 3.70. The van der Waals surface area contributed by atoms with Crippen LogP contribution in [0.1, 0.15) is 32.6 Å². The molecule has 0 bridgehead atoms. The number of hydrogen-bond acceptors (Lipinski definition) is 4. The second kappa shape index (κ2) is 6.75. The molecule has 0 spiro atoms. The van der Waals surface area contributed by atoms with Gasteiger partial charge in [-0.2, -0.15) is 0 Å². The van der Waals surface area contributed by atoms with E-state index in [1.165, 1.54) is 18.2 Å². The van der Waals surface area contributed by atoms with Gasteiger partial charge in [-0.15, -0.1) is 0 Å². The maximum atomic E-state index is 13.9. The molecular formula is C15H22FNO3S. The molecular weight excluding hydrogens is 293 g/mol. The van der Waals surface area contributed by atoms with Gasteiger partial charge in [0, 0.05) is 18.9 Å². The Morgan fingerprint density at radius 3 is 2.86 bits per heavy atom. The second-order valence-corrected chi connectivity index (χ2v) is 7.58. The smallest absolute Gasteiger partial charge is 0.175 e. The Hall–Kier alpha value is -1.14. The van der Waals surface area contributed by atoms with E-state index < -0.39 is 15.7 Å². The molecule has 1 aliphatic heterocycles. The molecule has 0 radical (unpaired) electrons. The van der Waals surface area contributed by atoms with E-state index in [9.17, 15) is 12.8 Å². The van der Waals surface area contributed by atoms with Gasteiger partial charge in [-0.1, -0.05) is 13.3 Å². The topological polar surface area (TPSA) is 55.4 Å². The molecule has 0 amide bonds. The van der Waals surface area contributed by atoms with Gasteiger partial charge in [0.25, 0.3) is 0 Å². The van der Waals surface area contributed by atoms with Crippen molar-refractivity contribution in [1.82, 2.24) is 0 Å². The third kappa shape index (κ3) is 4.41. The van der Waals surface area contributed by atoms with E-state index in [1.807, 2.05) is 0 Å². The van der Waals surface area contributed by atoms with E-state index in [-0.39, 0.29) is 22.7 Å². The van der Waals surface area contributed by atoms with Crippen LogP contribution in [-0.4, -0.2) is 33.4 Å². The Labute approximate surface area is 125 Å². The minimum atomic E-state index is -3.33. The van der Waals surface area contributed by atoms with Crippen LogP contribution in [0.2, 0.25) is 0 Å². The summed E-state index contributed by atoms with van der Waals surface area (Å²) in [6, 6.07) is 3.97. The lowest BCUT2D eigenvalue weighted by atomic mass is 10.00. The number of hydrogen-bond donors (Lipinski definition) is 1. The first-order valence-corrected chi connectivity index (χ1v) is 9.17. The molecule has 1 aromatic rings. The summed E-state index contributed by atoms with van der Waals surface area (Å²) in [4.78, 5) is 0.128. The molecule has 4 nitrogen and oxygen atoms in total. The molecule has 2 rings (SSSR count). The maximum Gasteiger partial charge on any atom is 0.175 e. The summed E-state index contributed by atoms with van der Waals surface area (Å²) in [7, 11) is -3.33. The molecule has 2 atom stereocenters. The van der Waals surface area contributed by atoms with E-state index in [1.54, 1.807) is 0 Å². The van der Waals surface area contributed by atoms with Gasteiger partial charge in [-0.3, -0.25) is 0 Å². The minimum absolute atomic E-state index is 0.111. The molecule has 0 aromatic heterocycles. The zero-order chi connectivity index (χ0) is 15.5. The van der Waals surface area contributed by atoms with Crippen LogP contribution in [0, 0.1) is 5.82 Å². The van der Waals surface area contributed by atoms with Gasteiger partial charge in [-0.25, -0.2) is 12.8 Å². The lowest BCUT2D eigenvalue weighted by Gasteiger charge is -2.30. The summed E-state index contributed by atoms with van der Waals surface area (Å²) >= 11 is 0. The van der Waals surface area contributed by atoms with Gasteiger partial charge in [0.15, 0.2) is 9.84 Å². The number of sulfone groups is 1. The molecule has 1 heterocycles. The number of benzene rings is 1. The normalized spacial score (nSPS) is 23.0. The fourth-order valence-electron chi connectivity index (χ4n) is 2.60. The lowest BCUT2D eigenvalue weighted by Crippen LogP contribution is -2.34. The Morgan fingerprint density at radius 2 is 2.19 bits per heavy atom. The molecule has 21 heavy (non-hydrogen) atoms. The molecule has 1 aromatic carbocycles. The van der Waals surface area contributed by atoms with Crippen LogP contribution < -0.4 is 5.32 Å². The number of nitrogens with one attached hydrogen (secondary N) is 1. The van der Waals surface area contributed by atoms with E-state index in [0.29, 0.717) is 6.61 Å². The maximum absolute atomic E-state index is 13.9. The van der Waals surface area contributed by atoms with Crippen LogP contribution in [0.15, 0.2) is 23.1 Å². The number of rotatable bonds is 5. The third-order valence-corrected chi connectivity index (χ3v) is 4.81. The molecule has 1 saturated heterocycles. The molecule has 2 unspecified atom stereocenters. The van der Waals surface area contributed by atoms with Crippen LogP contribution >= 0.6 is 0 Å². The predicted molar refractivity (Wildman–Crippen MR) is 80.8 cm³/mol. The van der Waals surface area contributed by atoms with Gasteiger partial charge in [0.2, 0.25) is 0 Å². The molecule has 1 N–H and O–H groups in total. The van der Waals surface area contributed by atoms with Gasteiger partial charge in [0.1, 0.15) is 5.82 Å². The van der Waals surface area contributed by atoms with Crippen LogP contribution in [-0.2, 0) is 14.6 Å². The Bertz CT molecular complexity index is 587. The summed E-state index contributed by atoms with van der Waals surface area (Å²) in [5.41, 5.74) is 0.250. The monoisotopic (exact) mass is 315 g/mol. The Morgan fingerprint density at radius 1 is 1.43 bits per heavy atom. The summed E-state index contributed by atoms with van der Waals surface area (Å²) in [5.74, 6) is -0.430. The molecule has 0 aliphatic carbocycles. The number of anilines is 1. The predicted octanol–water partition coefficient (Wildman–Crippen LogP) is 2.99. The highest BCUT2D eigenvalue weighted by Crippen LogP contribution is 2.25. The minimum Gasteiger partial charge on any atom is -0.380 e. The van der Waals surface area contributed by atoms with Crippen LogP contribution in [0.3, 0.4) is 0 Å². The molecule has 6 heteroatoms. The van der Waals surface area contributed by atoms with Crippen molar-refractivity contribution in [3.8, 4) is 0 Å². The van der Waals surface area contributed by atoms with E-state index in [4.69, 9.17) is 4.74 Å². The lowest BCUT2D eigenvalue weighted by molar-refractivity contribution is 0.00593. The van der Waals surface area contributed by atoms with Crippen molar-refractivity contribution < 1.29 is 17.5 Å². The zero-order valence-electron chi connectivity index (χ0n) is 12.4. The van der Waals surface area contributed by atoms with Crippen LogP contribution in [0.4, 0.5) is 10.1 Å². The first-order valence-electron chi connectivity index (χ1n) is 7.28. The fourth-order valence-corrected chi connectivity index (χ4v) is 3.25. The van der Waals surface area contributed by atoms with Gasteiger partial charge in [0.05, 0.1) is 16.7 Å². The van der Waals surface area contributed by atoms with Crippen LogP contribution in [0.25, 0.3) is 0 Å². The van der Waals surface area contributed by atoms with E-state index >= 15 is 0 Å². The molecule has 1 fully saturated rings. The first kappa shape index (κ1) is 16.2. The van der Waals surface area contributed by atoms with Crippen molar-refractivity contribution in [2.45, 2.75) is 49.6 Å². The molecule has 118 valence electrons. The van der Waals surface area contributed by atoms with E-state index in [0.717, 1.165) is 31.9 Å². The highest BCUT2D eigenvalue weighted by Gasteiger charge is 2.23. The van der Waals surface area contributed by atoms with Crippen molar-refractivity contribution in [2.75, 3.05) is 18.2 Å². The zero-order valence-corrected chi connectivity index (χ0v) is 13.2. The number of halogens is 1. The SMILES string of the molecule is CCCC1CC(Nc2cc(S(C)(=O)=O)ccc2F)CCO1. The van der Waals surface area contributed by atoms with Gasteiger partial charge < -0.3 is 10.1 Å². The average molecular weight is 315 g/mol. The van der Waals surface area contributed by atoms with Gasteiger partial charge in [-0.05, 0) is 37.5 Å². The van der Waals surface area contributed by atoms with Crippen molar-refractivity contribution in [3.63, 3.8) is 0 Å². The fraction of sp³-hybridized carbons (Fsp3) is 0.600. The summed E-state index contributed by atoms with van der Waals surface area (Å²) in [6.07, 6.45) is 4.97. The van der Waals surface area contributed by atoms with Crippen molar-refractivity contribution >= 4 is 15.5 Å². The van der Waals surface area contributed by atoms with Crippen LogP contribution in [0.5, 0.6) is 0 Å². The van der Waals surface area contributed by atoms with Crippen molar-refractivity contribution in [3.05, 3.63) is 24.0 Å². The highest BCUT2D eigenvalue weighted by molar-refractivity contribution is 7.90. The Kier molecular flexibility index (Phi) is 5.22. The summed E-state index contributed by atoms with van der Waals surface area (Å²) in [5, 5.41) is 3.13. The number of ether oxygens (including phenoxy) is 1. The Balaban J connectivity index is 2.12.